The van der Waals surface area contributed by atoms with Gasteiger partial charge < -0.3 is 24.3 Å². The lowest BCUT2D eigenvalue weighted by molar-refractivity contribution is 0.214. The van der Waals surface area contributed by atoms with Gasteiger partial charge in [-0.05, 0) is 67.8 Å². The Morgan fingerprint density at radius 1 is 1.00 bits per heavy atom. The van der Waals surface area contributed by atoms with Crippen LogP contribution in [-0.4, -0.2) is 60.4 Å². The molecule has 1 saturated heterocycles. The number of nitrogens with one attached hydrogen (secondary N) is 1. The van der Waals surface area contributed by atoms with Crippen LogP contribution >= 0.6 is 11.6 Å². The Balaban J connectivity index is 1.41. The van der Waals surface area contributed by atoms with Gasteiger partial charge >= 0.3 is 0 Å². The second-order valence-electron chi connectivity index (χ2n) is 10.2. The molecule has 1 aromatic heterocycles. The molecule has 1 aliphatic rings. The van der Waals surface area contributed by atoms with E-state index in [1.54, 1.807) is 6.08 Å². The zero-order chi connectivity index (χ0) is 28.2. The molecule has 1 fully saturated rings. The maximum atomic E-state index is 6.17. The molecule has 0 unspecified atom stereocenters. The summed E-state index contributed by atoms with van der Waals surface area (Å²) in [5, 5.41) is 3.93. The number of hydrogen-bond acceptors (Lipinski definition) is 5. The average Bonchev–Trinajstić information content (AvgIpc) is 3.34. The fourth-order valence-corrected chi connectivity index (χ4v) is 4.94. The third-order valence-electron chi connectivity index (χ3n) is 7.17. The van der Waals surface area contributed by atoms with Crippen molar-refractivity contribution in [2.24, 2.45) is 0 Å². The lowest BCUT2D eigenvalue weighted by Gasteiger charge is -2.26. The predicted octanol–water partition coefficient (Wildman–Crippen LogP) is 7.20. The van der Waals surface area contributed by atoms with Gasteiger partial charge in [0.15, 0.2) is 0 Å². The number of aromatic nitrogens is 2. The highest BCUT2D eigenvalue weighted by Gasteiger charge is 2.14. The van der Waals surface area contributed by atoms with Crippen molar-refractivity contribution in [3.8, 4) is 22.9 Å². The molecule has 2 heterocycles. The van der Waals surface area contributed by atoms with Gasteiger partial charge in [-0.1, -0.05) is 43.7 Å². The first-order valence-corrected chi connectivity index (χ1v) is 14.9. The first-order valence-electron chi connectivity index (χ1n) is 14.5. The minimum atomic E-state index is 0.519. The van der Waals surface area contributed by atoms with Crippen molar-refractivity contribution in [1.29, 1.82) is 0 Å². The number of nitrogens with zero attached hydrogens (tertiary/aromatic N) is 3. The lowest BCUT2D eigenvalue weighted by Crippen LogP contribution is -2.43. The number of allylic oxidation sites excluding steroid dienone is 4. The molecular formula is C33H43ClN4O2. The summed E-state index contributed by atoms with van der Waals surface area (Å²) in [5.74, 6) is 2.73. The van der Waals surface area contributed by atoms with Crippen LogP contribution in [-0.2, 0) is 6.54 Å². The van der Waals surface area contributed by atoms with Crippen molar-refractivity contribution in [3.05, 3.63) is 77.9 Å². The van der Waals surface area contributed by atoms with Gasteiger partial charge in [-0.25, -0.2) is 4.98 Å². The summed E-state index contributed by atoms with van der Waals surface area (Å²) in [6, 6.07) is 14.5. The zero-order valence-corrected chi connectivity index (χ0v) is 24.8. The number of halogens is 1. The fourth-order valence-electron chi connectivity index (χ4n) is 4.88. The number of aryl methyl sites for hydroxylation is 1. The van der Waals surface area contributed by atoms with Crippen LogP contribution in [0, 0.1) is 0 Å². The van der Waals surface area contributed by atoms with Crippen molar-refractivity contribution < 1.29 is 9.47 Å². The van der Waals surface area contributed by atoms with Crippen molar-refractivity contribution in [3.63, 3.8) is 0 Å². The number of fused-ring (bicyclic) bond motifs is 1. The van der Waals surface area contributed by atoms with Crippen LogP contribution in [0.25, 0.3) is 22.4 Å². The molecule has 0 bridgehead atoms. The second-order valence-corrected chi connectivity index (χ2v) is 10.6. The van der Waals surface area contributed by atoms with Crippen LogP contribution in [0.2, 0.25) is 0 Å². The van der Waals surface area contributed by atoms with Gasteiger partial charge in [-0.15, -0.1) is 0 Å². The smallest absolute Gasteiger partial charge is 0.141 e. The molecule has 0 amide bonds. The van der Waals surface area contributed by atoms with Gasteiger partial charge in [-0.3, -0.25) is 0 Å². The van der Waals surface area contributed by atoms with Crippen molar-refractivity contribution in [2.75, 3.05) is 45.9 Å². The van der Waals surface area contributed by atoms with Crippen LogP contribution in [0.3, 0.4) is 0 Å². The molecule has 2 aromatic carbocycles. The summed E-state index contributed by atoms with van der Waals surface area (Å²) in [7, 11) is 0. The summed E-state index contributed by atoms with van der Waals surface area (Å²) in [4.78, 5) is 7.52. The Kier molecular flexibility index (Phi) is 11.7. The molecule has 0 spiro atoms. The van der Waals surface area contributed by atoms with Crippen LogP contribution in [0.15, 0.2) is 77.9 Å². The minimum Gasteiger partial charge on any atom is -0.493 e. The maximum Gasteiger partial charge on any atom is 0.141 e. The quantitative estimate of drug-likeness (QED) is 0.157. The number of imidazole rings is 1. The van der Waals surface area contributed by atoms with Gasteiger partial charge in [0.05, 0.1) is 24.2 Å². The Bertz CT molecular complexity index is 1290. The van der Waals surface area contributed by atoms with E-state index in [2.05, 4.69) is 58.6 Å². The highest BCUT2D eigenvalue weighted by molar-refractivity contribution is 6.30. The van der Waals surface area contributed by atoms with E-state index < -0.39 is 0 Å². The van der Waals surface area contributed by atoms with Crippen LogP contribution in [0.4, 0.5) is 0 Å². The molecule has 0 radical (unpaired) electrons. The fraction of sp³-hybridized carbons (Fsp3) is 0.424. The molecule has 4 rings (SSSR count). The molecule has 0 atom stereocenters. The standard InChI is InChI=1S/C33H43ClN4O2/c1-4-6-20-38-32-25-30(39-23-7-19-37-21-17-35-18-22-37)14-15-31(32)36-33(38)28-10-12-29(13-11-28)40-24-16-27(5-2)9-8-26(3)34/h5,8-15,25,35H,3-4,6-7,16-24H2,1-2H3/b9-8-,27-5+. The summed E-state index contributed by atoms with van der Waals surface area (Å²) >= 11 is 5.84. The third kappa shape index (κ3) is 8.72. The molecule has 40 heavy (non-hydrogen) atoms. The summed E-state index contributed by atoms with van der Waals surface area (Å²) in [6.45, 7) is 15.7. The van der Waals surface area contributed by atoms with E-state index in [0.29, 0.717) is 11.6 Å². The Labute approximate surface area is 244 Å². The van der Waals surface area contributed by atoms with Crippen molar-refractivity contribution in [2.45, 2.75) is 46.1 Å². The van der Waals surface area contributed by atoms with Gasteiger partial charge in [0.25, 0.3) is 0 Å². The van der Waals surface area contributed by atoms with Crippen LogP contribution < -0.4 is 14.8 Å². The minimum absolute atomic E-state index is 0.519. The number of unbranched alkanes of at least 4 members (excludes halogenated alkanes) is 1. The van der Waals surface area contributed by atoms with E-state index in [-0.39, 0.29) is 0 Å². The topological polar surface area (TPSA) is 51.6 Å². The molecule has 1 aliphatic heterocycles. The predicted molar refractivity (Wildman–Crippen MR) is 168 cm³/mol. The van der Waals surface area contributed by atoms with E-state index in [1.165, 1.54) is 0 Å². The Morgan fingerprint density at radius 2 is 1.75 bits per heavy atom. The summed E-state index contributed by atoms with van der Waals surface area (Å²) in [6.07, 6.45) is 9.89. The molecule has 214 valence electrons. The molecule has 6 nitrogen and oxygen atoms in total. The van der Waals surface area contributed by atoms with E-state index in [1.807, 2.05) is 31.2 Å². The van der Waals surface area contributed by atoms with Gasteiger partial charge in [0.1, 0.15) is 17.3 Å². The van der Waals surface area contributed by atoms with Crippen LogP contribution in [0.1, 0.15) is 39.5 Å². The zero-order valence-electron chi connectivity index (χ0n) is 24.0. The van der Waals surface area contributed by atoms with Crippen LogP contribution in [0.5, 0.6) is 11.5 Å². The monoisotopic (exact) mass is 562 g/mol. The average molecular weight is 563 g/mol. The van der Waals surface area contributed by atoms with E-state index in [4.69, 9.17) is 26.1 Å². The van der Waals surface area contributed by atoms with E-state index in [9.17, 15) is 0 Å². The number of piperazine rings is 1. The van der Waals surface area contributed by atoms with E-state index >= 15 is 0 Å². The maximum absolute atomic E-state index is 6.17. The largest absolute Gasteiger partial charge is 0.493 e. The van der Waals surface area contributed by atoms with Gasteiger partial charge in [0.2, 0.25) is 0 Å². The SMILES string of the molecule is C=C(Cl)/C=C\C(=C/C)CCOc1ccc(-c2nc3ccc(OCCCN4CCNCC4)cc3n2CCCC)cc1. The van der Waals surface area contributed by atoms with Crippen molar-refractivity contribution in [1.82, 2.24) is 19.8 Å². The number of benzene rings is 2. The van der Waals surface area contributed by atoms with E-state index in [0.717, 1.165) is 111 Å². The molecule has 1 N–H and O–H groups in total. The first kappa shape index (κ1) is 29.9. The molecule has 7 heteroatoms. The number of ether oxygens (including phenoxy) is 2. The number of hydrogen-bond donors (Lipinski definition) is 1. The lowest BCUT2D eigenvalue weighted by atomic mass is 10.1. The highest BCUT2D eigenvalue weighted by Crippen LogP contribution is 2.29. The number of rotatable bonds is 15. The molecule has 0 saturated carbocycles. The van der Waals surface area contributed by atoms with Crippen molar-refractivity contribution >= 4 is 22.6 Å². The summed E-state index contributed by atoms with van der Waals surface area (Å²) < 4.78 is 14.5. The Hall–Kier alpha value is -3.06. The van der Waals surface area contributed by atoms with Gasteiger partial charge in [0, 0.05) is 62.4 Å². The highest BCUT2D eigenvalue weighted by atomic mass is 35.5. The normalized spacial score (nSPS) is 14.7. The molecule has 0 aliphatic carbocycles. The first-order chi connectivity index (χ1) is 19.6. The molecule has 3 aromatic rings. The van der Waals surface area contributed by atoms with Gasteiger partial charge in [-0.2, -0.15) is 0 Å². The third-order valence-corrected chi connectivity index (χ3v) is 7.30. The Morgan fingerprint density at radius 3 is 2.48 bits per heavy atom. The summed E-state index contributed by atoms with van der Waals surface area (Å²) in [5.41, 5.74) is 4.35. The molecular weight excluding hydrogens is 520 g/mol. The second kappa shape index (κ2) is 15.7.